The summed E-state index contributed by atoms with van der Waals surface area (Å²) >= 11 is 6.37. The molecule has 126 valence electrons. The van der Waals surface area contributed by atoms with Crippen LogP contribution in [0.4, 0.5) is 4.39 Å². The zero-order valence-corrected chi connectivity index (χ0v) is 14.1. The van der Waals surface area contributed by atoms with Crippen molar-refractivity contribution in [3.05, 3.63) is 70.5 Å². The van der Waals surface area contributed by atoms with E-state index in [0.717, 1.165) is 31.5 Å². The lowest BCUT2D eigenvalue weighted by molar-refractivity contribution is 0.0938. The van der Waals surface area contributed by atoms with Gasteiger partial charge in [-0.25, -0.2) is 4.39 Å². The summed E-state index contributed by atoms with van der Waals surface area (Å²) in [5.74, 6) is -0.552. The van der Waals surface area contributed by atoms with Gasteiger partial charge in [-0.15, -0.1) is 0 Å². The number of benzene rings is 2. The molecule has 3 nitrogen and oxygen atoms in total. The Morgan fingerprint density at radius 3 is 2.46 bits per heavy atom. The Labute approximate surface area is 146 Å². The van der Waals surface area contributed by atoms with E-state index in [1.807, 2.05) is 24.3 Å². The van der Waals surface area contributed by atoms with Crippen LogP contribution in [0.15, 0.2) is 48.5 Å². The van der Waals surface area contributed by atoms with Crippen LogP contribution in [-0.4, -0.2) is 30.4 Å². The standard InChI is InChI=1S/C19H20ClFN2O/c20-17-6-2-1-5-16(17)18(23-11-3-4-12-23)13-22-19(24)14-7-9-15(21)10-8-14/h1-2,5-10,18H,3-4,11-13H2,(H,22,24). The normalized spacial score (nSPS) is 16.1. The molecule has 1 atom stereocenters. The molecule has 1 aliphatic rings. The topological polar surface area (TPSA) is 32.3 Å². The van der Waals surface area contributed by atoms with Crippen LogP contribution in [0.3, 0.4) is 0 Å². The molecule has 3 rings (SSSR count). The number of carbonyl (C=O) groups excluding carboxylic acids is 1. The molecule has 1 aliphatic heterocycles. The zero-order valence-electron chi connectivity index (χ0n) is 13.3. The van der Waals surface area contributed by atoms with Gasteiger partial charge in [0.05, 0.1) is 6.04 Å². The van der Waals surface area contributed by atoms with Gasteiger partial charge in [-0.3, -0.25) is 9.69 Å². The van der Waals surface area contributed by atoms with Gasteiger partial charge in [0.1, 0.15) is 5.82 Å². The Hall–Kier alpha value is -1.91. The second-order valence-corrected chi connectivity index (χ2v) is 6.40. The average molecular weight is 347 g/mol. The van der Waals surface area contributed by atoms with Crippen molar-refractivity contribution in [3.8, 4) is 0 Å². The van der Waals surface area contributed by atoms with Crippen molar-refractivity contribution in [2.45, 2.75) is 18.9 Å². The maximum atomic E-state index is 13.0. The van der Waals surface area contributed by atoms with Crippen LogP contribution in [0, 0.1) is 5.82 Å². The highest BCUT2D eigenvalue weighted by molar-refractivity contribution is 6.31. The Balaban J connectivity index is 1.73. The van der Waals surface area contributed by atoms with E-state index in [-0.39, 0.29) is 17.8 Å². The monoisotopic (exact) mass is 346 g/mol. The number of nitrogens with zero attached hydrogens (tertiary/aromatic N) is 1. The number of rotatable bonds is 5. The highest BCUT2D eigenvalue weighted by Gasteiger charge is 2.25. The Morgan fingerprint density at radius 2 is 1.79 bits per heavy atom. The predicted octanol–water partition coefficient (Wildman–Crippen LogP) is 4.05. The summed E-state index contributed by atoms with van der Waals surface area (Å²) in [7, 11) is 0. The molecule has 2 aromatic carbocycles. The van der Waals surface area contributed by atoms with E-state index in [0.29, 0.717) is 17.1 Å². The molecule has 24 heavy (non-hydrogen) atoms. The first kappa shape index (κ1) is 16.9. The second-order valence-electron chi connectivity index (χ2n) is 6.00. The van der Waals surface area contributed by atoms with Crippen LogP contribution in [0.5, 0.6) is 0 Å². The van der Waals surface area contributed by atoms with Crippen molar-refractivity contribution < 1.29 is 9.18 Å². The molecule has 0 aliphatic carbocycles. The Morgan fingerprint density at radius 1 is 1.12 bits per heavy atom. The van der Waals surface area contributed by atoms with Gasteiger partial charge < -0.3 is 5.32 Å². The van der Waals surface area contributed by atoms with E-state index in [9.17, 15) is 9.18 Å². The first-order valence-corrected chi connectivity index (χ1v) is 8.55. The van der Waals surface area contributed by atoms with Gasteiger partial charge in [0.15, 0.2) is 0 Å². The van der Waals surface area contributed by atoms with Crippen LogP contribution in [0.2, 0.25) is 5.02 Å². The van der Waals surface area contributed by atoms with E-state index in [1.165, 1.54) is 24.3 Å². The third-order valence-corrected chi connectivity index (χ3v) is 4.75. The van der Waals surface area contributed by atoms with Crippen LogP contribution in [-0.2, 0) is 0 Å². The fourth-order valence-corrected chi connectivity index (χ4v) is 3.39. The zero-order chi connectivity index (χ0) is 16.9. The summed E-state index contributed by atoms with van der Waals surface area (Å²) in [6, 6.07) is 13.4. The SMILES string of the molecule is O=C(NCC(c1ccccc1Cl)N1CCCC1)c1ccc(F)cc1. The molecule has 1 heterocycles. The molecule has 0 spiro atoms. The Kier molecular flexibility index (Phi) is 5.48. The molecule has 1 amide bonds. The molecule has 0 bridgehead atoms. The first-order valence-electron chi connectivity index (χ1n) is 8.17. The van der Waals surface area contributed by atoms with Crippen molar-refractivity contribution in [2.75, 3.05) is 19.6 Å². The lowest BCUT2D eigenvalue weighted by Gasteiger charge is -2.29. The van der Waals surface area contributed by atoms with Gasteiger partial charge in [-0.2, -0.15) is 0 Å². The van der Waals surface area contributed by atoms with Gasteiger partial charge in [-0.1, -0.05) is 29.8 Å². The number of carbonyl (C=O) groups is 1. The first-order chi connectivity index (χ1) is 11.6. The molecule has 1 unspecified atom stereocenters. The number of halogens is 2. The van der Waals surface area contributed by atoms with Gasteiger partial charge in [-0.05, 0) is 61.8 Å². The van der Waals surface area contributed by atoms with Crippen LogP contribution in [0.1, 0.15) is 34.8 Å². The Bertz CT molecular complexity index is 699. The van der Waals surface area contributed by atoms with E-state index in [2.05, 4.69) is 10.2 Å². The minimum Gasteiger partial charge on any atom is -0.350 e. The molecule has 0 radical (unpaired) electrons. The summed E-state index contributed by atoms with van der Waals surface area (Å²) in [6.45, 7) is 2.48. The summed E-state index contributed by atoms with van der Waals surface area (Å²) < 4.78 is 13.0. The molecule has 0 aromatic heterocycles. The smallest absolute Gasteiger partial charge is 0.251 e. The van der Waals surface area contributed by atoms with Gasteiger partial charge in [0.2, 0.25) is 0 Å². The predicted molar refractivity (Wildman–Crippen MR) is 93.7 cm³/mol. The summed E-state index contributed by atoms with van der Waals surface area (Å²) in [4.78, 5) is 14.7. The summed E-state index contributed by atoms with van der Waals surface area (Å²) in [5, 5.41) is 3.67. The fraction of sp³-hybridized carbons (Fsp3) is 0.316. The highest BCUT2D eigenvalue weighted by atomic mass is 35.5. The van der Waals surface area contributed by atoms with E-state index in [1.54, 1.807) is 0 Å². The maximum Gasteiger partial charge on any atom is 0.251 e. The molecule has 2 aromatic rings. The number of hydrogen-bond acceptors (Lipinski definition) is 2. The minimum absolute atomic E-state index is 0.0469. The third-order valence-electron chi connectivity index (χ3n) is 4.41. The highest BCUT2D eigenvalue weighted by Crippen LogP contribution is 2.29. The van der Waals surface area contributed by atoms with Crippen LogP contribution >= 0.6 is 11.6 Å². The lowest BCUT2D eigenvalue weighted by Crippen LogP contribution is -2.37. The molecular weight excluding hydrogens is 327 g/mol. The molecule has 1 saturated heterocycles. The fourth-order valence-electron chi connectivity index (χ4n) is 3.13. The number of hydrogen-bond donors (Lipinski definition) is 1. The third kappa shape index (κ3) is 3.94. The van der Waals surface area contributed by atoms with Crippen molar-refractivity contribution in [3.63, 3.8) is 0 Å². The van der Waals surface area contributed by atoms with Crippen molar-refractivity contribution in [1.82, 2.24) is 10.2 Å². The number of nitrogens with one attached hydrogen (secondary N) is 1. The molecule has 1 N–H and O–H groups in total. The van der Waals surface area contributed by atoms with Gasteiger partial charge >= 0.3 is 0 Å². The van der Waals surface area contributed by atoms with Crippen LogP contribution in [0.25, 0.3) is 0 Å². The van der Waals surface area contributed by atoms with Crippen molar-refractivity contribution >= 4 is 17.5 Å². The number of amides is 1. The maximum absolute atomic E-state index is 13.0. The van der Waals surface area contributed by atoms with E-state index < -0.39 is 0 Å². The largest absolute Gasteiger partial charge is 0.350 e. The minimum atomic E-state index is -0.349. The van der Waals surface area contributed by atoms with Crippen LogP contribution < -0.4 is 5.32 Å². The summed E-state index contributed by atoms with van der Waals surface area (Å²) in [5.41, 5.74) is 1.48. The molecule has 0 saturated carbocycles. The number of likely N-dealkylation sites (tertiary alicyclic amines) is 1. The average Bonchev–Trinajstić information content (AvgIpc) is 3.11. The van der Waals surface area contributed by atoms with E-state index in [4.69, 9.17) is 11.6 Å². The molecule has 5 heteroatoms. The molecular formula is C19H20ClFN2O. The van der Waals surface area contributed by atoms with Crippen molar-refractivity contribution in [1.29, 1.82) is 0 Å². The van der Waals surface area contributed by atoms with Gasteiger partial charge in [0.25, 0.3) is 5.91 Å². The van der Waals surface area contributed by atoms with E-state index >= 15 is 0 Å². The lowest BCUT2D eigenvalue weighted by atomic mass is 10.0. The van der Waals surface area contributed by atoms with Gasteiger partial charge in [0, 0.05) is 17.1 Å². The van der Waals surface area contributed by atoms with Crippen molar-refractivity contribution in [2.24, 2.45) is 0 Å². The molecule has 1 fully saturated rings. The second kappa shape index (κ2) is 7.77. The quantitative estimate of drug-likeness (QED) is 0.886. The summed E-state index contributed by atoms with van der Waals surface area (Å²) in [6.07, 6.45) is 2.32.